The zero-order chi connectivity index (χ0) is 13.8. The van der Waals surface area contributed by atoms with Gasteiger partial charge in [-0.2, -0.15) is 0 Å². The molecule has 0 aliphatic carbocycles. The van der Waals surface area contributed by atoms with Gasteiger partial charge in [0.15, 0.2) is 11.5 Å². The monoisotopic (exact) mass is 298 g/mol. The van der Waals surface area contributed by atoms with Crippen molar-refractivity contribution >= 4 is 34.3 Å². The van der Waals surface area contributed by atoms with Gasteiger partial charge in [-0.15, -0.1) is 11.3 Å². The molecule has 1 aromatic heterocycles. The van der Waals surface area contributed by atoms with Crippen LogP contribution in [-0.2, 0) is 6.54 Å². The summed E-state index contributed by atoms with van der Waals surface area (Å²) in [6, 6.07) is 7.42. The Morgan fingerprint density at radius 2 is 1.89 bits per heavy atom. The molecule has 0 spiro atoms. The van der Waals surface area contributed by atoms with E-state index in [4.69, 9.17) is 26.8 Å². The first-order valence-electron chi connectivity index (χ1n) is 5.63. The van der Waals surface area contributed by atoms with Crippen molar-refractivity contribution in [1.82, 2.24) is 0 Å². The summed E-state index contributed by atoms with van der Waals surface area (Å²) in [5.41, 5.74) is 7.39. The normalized spacial score (nSPS) is 10.3. The minimum absolute atomic E-state index is 0.611. The van der Waals surface area contributed by atoms with Gasteiger partial charge in [-0.25, -0.2) is 0 Å². The number of halogens is 1. The second kappa shape index (κ2) is 6.04. The fourth-order valence-corrected chi connectivity index (χ4v) is 2.70. The highest BCUT2D eigenvalue weighted by atomic mass is 35.5. The average molecular weight is 299 g/mol. The summed E-state index contributed by atoms with van der Waals surface area (Å²) in [6.07, 6.45) is 0. The molecule has 3 N–H and O–H groups in total. The van der Waals surface area contributed by atoms with E-state index in [9.17, 15) is 0 Å². The topological polar surface area (TPSA) is 56.5 Å². The van der Waals surface area contributed by atoms with Crippen molar-refractivity contribution in [3.05, 3.63) is 33.5 Å². The van der Waals surface area contributed by atoms with Crippen molar-refractivity contribution in [2.24, 2.45) is 0 Å². The van der Waals surface area contributed by atoms with Crippen LogP contribution >= 0.6 is 22.9 Å². The van der Waals surface area contributed by atoms with E-state index >= 15 is 0 Å². The fraction of sp³-hybridized carbons (Fsp3) is 0.231. The zero-order valence-electron chi connectivity index (χ0n) is 10.7. The molecule has 102 valence electrons. The lowest BCUT2D eigenvalue weighted by molar-refractivity contribution is 0.355. The minimum atomic E-state index is 0.611. The molecular formula is C13H15ClN2O2S. The summed E-state index contributed by atoms with van der Waals surface area (Å²) in [7, 11) is 3.18. The number of hydrogen-bond donors (Lipinski definition) is 2. The molecule has 1 heterocycles. The number of nitrogens with one attached hydrogen (secondary N) is 1. The van der Waals surface area contributed by atoms with Crippen molar-refractivity contribution in [3.8, 4) is 11.5 Å². The lowest BCUT2D eigenvalue weighted by Crippen LogP contribution is -2.02. The van der Waals surface area contributed by atoms with Crippen LogP contribution in [0.1, 0.15) is 4.88 Å². The van der Waals surface area contributed by atoms with E-state index in [0.717, 1.165) is 14.9 Å². The number of rotatable bonds is 5. The lowest BCUT2D eigenvalue weighted by Gasteiger charge is -2.13. The maximum Gasteiger partial charge on any atom is 0.162 e. The Morgan fingerprint density at radius 1 is 1.21 bits per heavy atom. The molecule has 6 heteroatoms. The maximum atomic E-state index is 5.97. The molecule has 19 heavy (non-hydrogen) atoms. The van der Waals surface area contributed by atoms with Crippen molar-refractivity contribution in [3.63, 3.8) is 0 Å². The molecule has 2 aromatic rings. The summed E-state index contributed by atoms with van der Waals surface area (Å²) in [5, 5.41) is 3.26. The molecule has 0 aliphatic heterocycles. The van der Waals surface area contributed by atoms with Crippen LogP contribution in [0.2, 0.25) is 4.34 Å². The van der Waals surface area contributed by atoms with Gasteiger partial charge in [0.2, 0.25) is 0 Å². The molecule has 0 atom stereocenters. The number of anilines is 2. The molecule has 0 saturated heterocycles. The SMILES string of the molecule is COc1cc(N)c(NCc2ccc(Cl)s2)cc1OC. The average Bonchev–Trinajstić information content (AvgIpc) is 2.82. The molecular weight excluding hydrogens is 284 g/mol. The molecule has 0 amide bonds. The molecule has 0 unspecified atom stereocenters. The molecule has 0 aliphatic rings. The molecule has 4 nitrogen and oxygen atoms in total. The Bertz CT molecular complexity index is 572. The van der Waals surface area contributed by atoms with E-state index in [-0.39, 0.29) is 0 Å². The summed E-state index contributed by atoms with van der Waals surface area (Å²) in [5.74, 6) is 1.26. The number of benzene rings is 1. The molecule has 0 radical (unpaired) electrons. The third-order valence-corrected chi connectivity index (χ3v) is 3.87. The van der Waals surface area contributed by atoms with Crippen LogP contribution in [0.3, 0.4) is 0 Å². The highest BCUT2D eigenvalue weighted by Crippen LogP contribution is 2.35. The highest BCUT2D eigenvalue weighted by Gasteiger charge is 2.09. The van der Waals surface area contributed by atoms with Crippen LogP contribution < -0.4 is 20.5 Å². The molecule has 0 saturated carbocycles. The van der Waals surface area contributed by atoms with Crippen LogP contribution in [0.15, 0.2) is 24.3 Å². The van der Waals surface area contributed by atoms with Gasteiger partial charge in [0.1, 0.15) is 0 Å². The van der Waals surface area contributed by atoms with Crippen LogP contribution in [0.5, 0.6) is 11.5 Å². The van der Waals surface area contributed by atoms with E-state index < -0.39 is 0 Å². The van der Waals surface area contributed by atoms with E-state index in [1.165, 1.54) is 11.3 Å². The van der Waals surface area contributed by atoms with Gasteiger partial charge in [0, 0.05) is 23.6 Å². The Hall–Kier alpha value is -1.59. The molecule has 1 aromatic carbocycles. The zero-order valence-corrected chi connectivity index (χ0v) is 12.3. The summed E-state index contributed by atoms with van der Waals surface area (Å²) in [6.45, 7) is 0.664. The van der Waals surface area contributed by atoms with Gasteiger partial charge in [-0.05, 0) is 12.1 Å². The quantitative estimate of drug-likeness (QED) is 0.828. The second-order valence-corrected chi connectivity index (χ2v) is 5.65. The largest absolute Gasteiger partial charge is 0.493 e. The fourth-order valence-electron chi connectivity index (χ4n) is 1.68. The van der Waals surface area contributed by atoms with Gasteiger partial charge >= 0.3 is 0 Å². The number of nitrogens with two attached hydrogens (primary N) is 1. The Kier molecular flexibility index (Phi) is 4.39. The first-order chi connectivity index (χ1) is 9.13. The van der Waals surface area contributed by atoms with Gasteiger partial charge in [-0.1, -0.05) is 11.6 Å². The van der Waals surface area contributed by atoms with Gasteiger partial charge in [0.25, 0.3) is 0 Å². The van der Waals surface area contributed by atoms with Crippen molar-refractivity contribution in [1.29, 1.82) is 0 Å². The molecule has 2 rings (SSSR count). The van der Waals surface area contributed by atoms with E-state index in [2.05, 4.69) is 5.32 Å². The number of methoxy groups -OCH3 is 2. The van der Waals surface area contributed by atoms with Gasteiger partial charge in [-0.3, -0.25) is 0 Å². The van der Waals surface area contributed by atoms with Crippen LogP contribution in [-0.4, -0.2) is 14.2 Å². The Morgan fingerprint density at radius 3 is 2.47 bits per heavy atom. The standard InChI is InChI=1S/C13H15ClN2O2S/c1-17-11-5-9(15)10(6-12(11)18-2)16-7-8-3-4-13(14)19-8/h3-6,16H,7,15H2,1-2H3. The predicted molar refractivity (Wildman–Crippen MR) is 80.6 cm³/mol. The Labute approximate surface area is 121 Å². The third kappa shape index (κ3) is 3.24. The number of nitrogen functional groups attached to an aromatic ring is 1. The van der Waals surface area contributed by atoms with Crippen molar-refractivity contribution in [2.45, 2.75) is 6.54 Å². The van der Waals surface area contributed by atoms with E-state index in [1.807, 2.05) is 18.2 Å². The summed E-state index contributed by atoms with van der Waals surface area (Å²) in [4.78, 5) is 1.14. The van der Waals surface area contributed by atoms with Gasteiger partial charge < -0.3 is 20.5 Å². The third-order valence-electron chi connectivity index (χ3n) is 2.64. The molecule has 0 fully saturated rings. The van der Waals surface area contributed by atoms with Crippen LogP contribution in [0.25, 0.3) is 0 Å². The number of thiophene rings is 1. The smallest absolute Gasteiger partial charge is 0.162 e. The second-order valence-electron chi connectivity index (χ2n) is 3.85. The van der Waals surface area contributed by atoms with Gasteiger partial charge in [0.05, 0.1) is 29.9 Å². The number of hydrogen-bond acceptors (Lipinski definition) is 5. The Balaban J connectivity index is 2.15. The summed E-state index contributed by atoms with van der Waals surface area (Å²) >= 11 is 7.43. The number of ether oxygens (including phenoxy) is 2. The summed E-state index contributed by atoms with van der Waals surface area (Å²) < 4.78 is 11.2. The lowest BCUT2D eigenvalue weighted by atomic mass is 10.2. The van der Waals surface area contributed by atoms with E-state index in [1.54, 1.807) is 20.3 Å². The minimum Gasteiger partial charge on any atom is -0.493 e. The molecule has 0 bridgehead atoms. The van der Waals surface area contributed by atoms with E-state index in [0.29, 0.717) is 23.7 Å². The first kappa shape index (κ1) is 13.8. The van der Waals surface area contributed by atoms with Crippen LogP contribution in [0, 0.1) is 0 Å². The predicted octanol–water partition coefficient (Wildman–Crippen LogP) is 3.61. The maximum absolute atomic E-state index is 5.97. The van der Waals surface area contributed by atoms with Crippen molar-refractivity contribution < 1.29 is 9.47 Å². The highest BCUT2D eigenvalue weighted by molar-refractivity contribution is 7.16. The van der Waals surface area contributed by atoms with Crippen molar-refractivity contribution in [2.75, 3.05) is 25.3 Å². The van der Waals surface area contributed by atoms with Crippen LogP contribution in [0.4, 0.5) is 11.4 Å². The first-order valence-corrected chi connectivity index (χ1v) is 6.83.